The van der Waals surface area contributed by atoms with Gasteiger partial charge in [-0.25, -0.2) is 0 Å². The Hall–Kier alpha value is -2.89. The topological polar surface area (TPSA) is 78.9 Å². The van der Waals surface area contributed by atoms with Crippen LogP contribution in [-0.2, 0) is 28.6 Å². The molecule has 0 amide bonds. The maximum absolute atomic E-state index is 12.9. The molecule has 0 radical (unpaired) electrons. The number of hydrogen-bond acceptors (Lipinski definition) is 6. The second-order valence-electron chi connectivity index (χ2n) is 20.6. The van der Waals surface area contributed by atoms with E-state index >= 15 is 0 Å². The second kappa shape index (κ2) is 59.7. The molecule has 1 unspecified atom stereocenters. The zero-order valence-corrected chi connectivity index (χ0v) is 47.2. The quantitative estimate of drug-likeness (QED) is 0.0261. The number of esters is 3. The second-order valence-corrected chi connectivity index (χ2v) is 20.6. The molecule has 0 aromatic rings. The van der Waals surface area contributed by atoms with Gasteiger partial charge in [0.05, 0.1) is 0 Å². The molecular formula is C65H116O6. The lowest BCUT2D eigenvalue weighted by Crippen LogP contribution is -2.30. The molecule has 0 saturated carbocycles. The first-order chi connectivity index (χ1) is 35.0. The Morgan fingerprint density at radius 1 is 0.296 bits per heavy atom. The van der Waals surface area contributed by atoms with Crippen molar-refractivity contribution in [1.82, 2.24) is 0 Å². The van der Waals surface area contributed by atoms with Gasteiger partial charge < -0.3 is 14.2 Å². The van der Waals surface area contributed by atoms with Gasteiger partial charge in [0.15, 0.2) is 6.10 Å². The van der Waals surface area contributed by atoms with Crippen LogP contribution in [0.2, 0.25) is 0 Å². The molecule has 0 saturated heterocycles. The molecule has 0 aliphatic carbocycles. The largest absolute Gasteiger partial charge is 0.462 e. The van der Waals surface area contributed by atoms with Crippen LogP contribution in [0, 0.1) is 0 Å². The SMILES string of the molecule is CC/C=C\C/C=C\C/C=C\C/C=C\C/C=C\CCCCCCCCCCCC(=O)OCC(COC(=O)CCCCCCCCCC)OC(=O)CCCCCCCCCCCCCCCCCCCCCC. The van der Waals surface area contributed by atoms with E-state index in [9.17, 15) is 14.4 Å². The first-order valence-corrected chi connectivity index (χ1v) is 30.8. The smallest absolute Gasteiger partial charge is 0.306 e. The van der Waals surface area contributed by atoms with Gasteiger partial charge in [-0.15, -0.1) is 0 Å². The molecule has 412 valence electrons. The van der Waals surface area contributed by atoms with Crippen LogP contribution in [0.25, 0.3) is 0 Å². The molecule has 0 N–H and O–H groups in total. The standard InChI is InChI=1S/C65H116O6/c1-4-7-10-13-16-19-21-23-25-27-29-31-32-33-34-35-37-38-40-42-44-46-49-52-55-58-64(67)70-61-62(60-69-63(66)57-54-51-48-18-15-12-9-6-3)71-65(68)59-56-53-50-47-45-43-41-39-36-30-28-26-24-22-20-17-14-11-8-5-2/h7,10,16,19,23,25,29,31,33-34,62H,4-6,8-9,11-15,17-18,20-22,24,26-28,30,32,35-61H2,1-3H3/b10-7-,19-16-,25-23-,31-29-,34-33-. The number of rotatable bonds is 56. The van der Waals surface area contributed by atoms with Gasteiger partial charge in [-0.1, -0.05) is 293 Å². The van der Waals surface area contributed by atoms with Crippen molar-refractivity contribution >= 4 is 17.9 Å². The summed E-state index contributed by atoms with van der Waals surface area (Å²) in [4.78, 5) is 38.1. The number of unbranched alkanes of at least 4 members (excludes halogenated alkanes) is 35. The van der Waals surface area contributed by atoms with Gasteiger partial charge in [-0.05, 0) is 64.2 Å². The average molecular weight is 994 g/mol. The summed E-state index contributed by atoms with van der Waals surface area (Å²) >= 11 is 0. The molecule has 0 spiro atoms. The fourth-order valence-electron chi connectivity index (χ4n) is 8.94. The lowest BCUT2D eigenvalue weighted by atomic mass is 10.0. The number of carbonyl (C=O) groups excluding carboxylic acids is 3. The molecule has 6 nitrogen and oxygen atoms in total. The van der Waals surface area contributed by atoms with Crippen molar-refractivity contribution in [1.29, 1.82) is 0 Å². The van der Waals surface area contributed by atoms with Crippen LogP contribution >= 0.6 is 0 Å². The summed E-state index contributed by atoms with van der Waals surface area (Å²) in [6, 6.07) is 0. The average Bonchev–Trinajstić information content (AvgIpc) is 3.37. The van der Waals surface area contributed by atoms with E-state index in [2.05, 4.69) is 81.5 Å². The Morgan fingerprint density at radius 3 is 0.859 bits per heavy atom. The van der Waals surface area contributed by atoms with Crippen LogP contribution in [0.1, 0.15) is 316 Å². The zero-order valence-electron chi connectivity index (χ0n) is 47.2. The van der Waals surface area contributed by atoms with E-state index in [1.54, 1.807) is 0 Å². The van der Waals surface area contributed by atoms with Crippen molar-refractivity contribution in [2.75, 3.05) is 13.2 Å². The Bertz CT molecular complexity index is 1280. The van der Waals surface area contributed by atoms with Crippen LogP contribution in [0.3, 0.4) is 0 Å². The van der Waals surface area contributed by atoms with E-state index in [1.807, 2.05) is 0 Å². The van der Waals surface area contributed by atoms with Crippen LogP contribution in [0.4, 0.5) is 0 Å². The molecule has 6 heteroatoms. The molecule has 0 rings (SSSR count). The lowest BCUT2D eigenvalue weighted by Gasteiger charge is -2.18. The monoisotopic (exact) mass is 993 g/mol. The minimum Gasteiger partial charge on any atom is -0.462 e. The molecule has 0 bridgehead atoms. The third kappa shape index (κ3) is 57.9. The highest BCUT2D eigenvalue weighted by atomic mass is 16.6. The van der Waals surface area contributed by atoms with E-state index in [-0.39, 0.29) is 31.1 Å². The molecule has 71 heavy (non-hydrogen) atoms. The molecule has 0 aromatic carbocycles. The predicted molar refractivity (Wildman–Crippen MR) is 307 cm³/mol. The highest BCUT2D eigenvalue weighted by molar-refractivity contribution is 5.71. The predicted octanol–water partition coefficient (Wildman–Crippen LogP) is 20.8. The molecular weight excluding hydrogens is 877 g/mol. The highest BCUT2D eigenvalue weighted by Crippen LogP contribution is 2.17. The van der Waals surface area contributed by atoms with Crippen molar-refractivity contribution in [3.8, 4) is 0 Å². The summed E-state index contributed by atoms with van der Waals surface area (Å²) in [6.07, 6.45) is 75.2. The van der Waals surface area contributed by atoms with Crippen molar-refractivity contribution in [2.45, 2.75) is 322 Å². The molecule has 0 aromatic heterocycles. The summed E-state index contributed by atoms with van der Waals surface area (Å²) in [5, 5.41) is 0. The van der Waals surface area contributed by atoms with Crippen LogP contribution in [0.5, 0.6) is 0 Å². The van der Waals surface area contributed by atoms with Gasteiger partial charge in [0, 0.05) is 19.3 Å². The minimum atomic E-state index is -0.772. The van der Waals surface area contributed by atoms with Gasteiger partial charge in [0.25, 0.3) is 0 Å². The van der Waals surface area contributed by atoms with Gasteiger partial charge in [-0.3, -0.25) is 14.4 Å². The van der Waals surface area contributed by atoms with Gasteiger partial charge >= 0.3 is 17.9 Å². The number of carbonyl (C=O) groups is 3. The van der Waals surface area contributed by atoms with Crippen molar-refractivity contribution in [2.24, 2.45) is 0 Å². The van der Waals surface area contributed by atoms with E-state index in [4.69, 9.17) is 14.2 Å². The van der Waals surface area contributed by atoms with E-state index < -0.39 is 6.10 Å². The van der Waals surface area contributed by atoms with Crippen molar-refractivity contribution < 1.29 is 28.6 Å². The summed E-state index contributed by atoms with van der Waals surface area (Å²) in [5.74, 6) is -0.866. The first kappa shape index (κ1) is 68.1. The molecule has 0 aliphatic heterocycles. The van der Waals surface area contributed by atoms with Gasteiger partial charge in [-0.2, -0.15) is 0 Å². The fourth-order valence-corrected chi connectivity index (χ4v) is 8.94. The van der Waals surface area contributed by atoms with Crippen molar-refractivity contribution in [3.63, 3.8) is 0 Å². The normalized spacial score (nSPS) is 12.4. The maximum Gasteiger partial charge on any atom is 0.306 e. The van der Waals surface area contributed by atoms with Crippen LogP contribution < -0.4 is 0 Å². The maximum atomic E-state index is 12.9. The van der Waals surface area contributed by atoms with Crippen LogP contribution in [0.15, 0.2) is 60.8 Å². The minimum absolute atomic E-state index is 0.0719. The molecule has 0 aliphatic rings. The first-order valence-electron chi connectivity index (χ1n) is 30.8. The van der Waals surface area contributed by atoms with Crippen molar-refractivity contribution in [3.05, 3.63) is 60.8 Å². The number of allylic oxidation sites excluding steroid dienone is 10. The Balaban J connectivity index is 4.18. The zero-order chi connectivity index (χ0) is 51.4. The van der Waals surface area contributed by atoms with E-state index in [0.717, 1.165) is 96.3 Å². The highest BCUT2D eigenvalue weighted by Gasteiger charge is 2.19. The lowest BCUT2D eigenvalue weighted by molar-refractivity contribution is -0.167. The third-order valence-corrected chi connectivity index (χ3v) is 13.5. The molecule has 0 heterocycles. The Kier molecular flexibility index (Phi) is 57.2. The number of hydrogen-bond donors (Lipinski definition) is 0. The third-order valence-electron chi connectivity index (χ3n) is 13.5. The van der Waals surface area contributed by atoms with Gasteiger partial charge in [0.2, 0.25) is 0 Å². The summed E-state index contributed by atoms with van der Waals surface area (Å²) in [5.41, 5.74) is 0. The molecule has 1 atom stereocenters. The fraction of sp³-hybridized carbons (Fsp3) is 0.800. The van der Waals surface area contributed by atoms with E-state index in [1.165, 1.54) is 180 Å². The Labute approximate surface area is 440 Å². The summed E-state index contributed by atoms with van der Waals surface area (Å²) < 4.78 is 16.9. The number of ether oxygens (including phenoxy) is 3. The summed E-state index contributed by atoms with van der Waals surface area (Å²) in [6.45, 7) is 6.53. The Morgan fingerprint density at radius 2 is 0.549 bits per heavy atom. The van der Waals surface area contributed by atoms with E-state index in [0.29, 0.717) is 19.3 Å². The summed E-state index contributed by atoms with van der Waals surface area (Å²) in [7, 11) is 0. The van der Waals surface area contributed by atoms with Crippen LogP contribution in [-0.4, -0.2) is 37.2 Å². The molecule has 0 fully saturated rings. The van der Waals surface area contributed by atoms with Gasteiger partial charge in [0.1, 0.15) is 13.2 Å².